The minimum atomic E-state index is -0.959. The fourth-order valence-corrected chi connectivity index (χ4v) is 1.20. The summed E-state index contributed by atoms with van der Waals surface area (Å²) in [6, 6.07) is 0. The molecule has 0 atom stereocenters. The van der Waals surface area contributed by atoms with Crippen LogP contribution in [-0.4, -0.2) is 35.0 Å². The highest BCUT2D eigenvalue weighted by atomic mass is 16.4. The van der Waals surface area contributed by atoms with Gasteiger partial charge in [0.15, 0.2) is 0 Å². The van der Waals surface area contributed by atoms with Crippen LogP contribution in [0.2, 0.25) is 0 Å². The number of carbonyl (C=O) groups excluding carboxylic acids is 1. The van der Waals surface area contributed by atoms with Crippen molar-refractivity contribution in [2.45, 2.75) is 27.7 Å². The Bertz CT molecular complexity index is 211. The van der Waals surface area contributed by atoms with E-state index in [1.54, 1.807) is 13.8 Å². The molecule has 4 heteroatoms. The highest BCUT2D eigenvalue weighted by Crippen LogP contribution is 2.05. The Balaban J connectivity index is 4.38. The Labute approximate surface area is 84.9 Å². The molecule has 0 rings (SSSR count). The van der Waals surface area contributed by atoms with Crippen molar-refractivity contribution in [3.05, 3.63) is 0 Å². The van der Waals surface area contributed by atoms with Gasteiger partial charge in [0, 0.05) is 12.5 Å². The molecule has 0 saturated carbocycles. The Hall–Kier alpha value is -1.06. The van der Waals surface area contributed by atoms with Crippen molar-refractivity contribution in [2.75, 3.05) is 13.1 Å². The number of carbonyl (C=O) groups is 2. The number of carboxylic acids is 1. The molecule has 4 nitrogen and oxygen atoms in total. The molecule has 0 aromatic carbocycles. The molecular formula is C10H19NO3. The lowest BCUT2D eigenvalue weighted by Crippen LogP contribution is -2.40. The van der Waals surface area contributed by atoms with Crippen molar-refractivity contribution in [3.63, 3.8) is 0 Å². The van der Waals surface area contributed by atoms with Crippen molar-refractivity contribution in [1.82, 2.24) is 4.90 Å². The predicted molar refractivity (Wildman–Crippen MR) is 53.9 cm³/mol. The number of carboxylic acid groups (broad SMARTS) is 1. The van der Waals surface area contributed by atoms with Gasteiger partial charge < -0.3 is 10.0 Å². The van der Waals surface area contributed by atoms with E-state index in [1.165, 1.54) is 4.90 Å². The van der Waals surface area contributed by atoms with Gasteiger partial charge in [-0.25, -0.2) is 0 Å². The summed E-state index contributed by atoms with van der Waals surface area (Å²) in [7, 11) is 0. The van der Waals surface area contributed by atoms with Crippen LogP contribution < -0.4 is 0 Å². The predicted octanol–water partition coefficient (Wildman–Crippen LogP) is 1.21. The van der Waals surface area contributed by atoms with E-state index in [1.807, 2.05) is 13.8 Å². The molecule has 0 heterocycles. The lowest BCUT2D eigenvalue weighted by Gasteiger charge is -2.24. The summed E-state index contributed by atoms with van der Waals surface area (Å²) in [6.07, 6.45) is 0. The summed E-state index contributed by atoms with van der Waals surface area (Å²) >= 11 is 0. The number of aliphatic carboxylic acids is 1. The molecule has 0 aliphatic heterocycles. The first-order chi connectivity index (χ1) is 6.34. The van der Waals surface area contributed by atoms with E-state index in [-0.39, 0.29) is 24.3 Å². The Morgan fingerprint density at radius 3 is 2.00 bits per heavy atom. The highest BCUT2D eigenvalue weighted by Gasteiger charge is 2.19. The summed E-state index contributed by atoms with van der Waals surface area (Å²) in [5, 5.41) is 8.63. The van der Waals surface area contributed by atoms with E-state index in [0.29, 0.717) is 6.54 Å². The quantitative estimate of drug-likeness (QED) is 0.727. The lowest BCUT2D eigenvalue weighted by atomic mass is 10.1. The van der Waals surface area contributed by atoms with Crippen LogP contribution >= 0.6 is 0 Å². The van der Waals surface area contributed by atoms with E-state index < -0.39 is 5.97 Å². The number of rotatable bonds is 5. The van der Waals surface area contributed by atoms with E-state index in [0.717, 1.165) is 0 Å². The van der Waals surface area contributed by atoms with Gasteiger partial charge in [-0.1, -0.05) is 27.7 Å². The van der Waals surface area contributed by atoms with Gasteiger partial charge in [-0.05, 0) is 5.92 Å². The van der Waals surface area contributed by atoms with Gasteiger partial charge in [-0.3, -0.25) is 9.59 Å². The lowest BCUT2D eigenvalue weighted by molar-refractivity contribution is -0.146. The topological polar surface area (TPSA) is 57.6 Å². The molecule has 0 fully saturated rings. The maximum atomic E-state index is 11.6. The number of hydrogen-bond acceptors (Lipinski definition) is 2. The van der Waals surface area contributed by atoms with Crippen LogP contribution in [0.4, 0.5) is 0 Å². The molecule has 0 bridgehead atoms. The standard InChI is InChI=1S/C10H19NO3/c1-7(2)5-11(6-9(12)13)10(14)8(3)4/h7-8H,5-6H2,1-4H3,(H,12,13). The van der Waals surface area contributed by atoms with Crippen LogP contribution in [-0.2, 0) is 9.59 Å². The molecule has 0 aliphatic rings. The second kappa shape index (κ2) is 5.62. The van der Waals surface area contributed by atoms with E-state index >= 15 is 0 Å². The average molecular weight is 201 g/mol. The van der Waals surface area contributed by atoms with E-state index in [4.69, 9.17) is 5.11 Å². The summed E-state index contributed by atoms with van der Waals surface area (Å²) in [5.74, 6) is -0.911. The van der Waals surface area contributed by atoms with Gasteiger partial charge in [-0.15, -0.1) is 0 Å². The smallest absolute Gasteiger partial charge is 0.323 e. The van der Waals surface area contributed by atoms with Crippen LogP contribution in [0.25, 0.3) is 0 Å². The Kier molecular flexibility index (Phi) is 5.20. The van der Waals surface area contributed by atoms with Crippen molar-refractivity contribution >= 4 is 11.9 Å². The van der Waals surface area contributed by atoms with Crippen molar-refractivity contribution in [3.8, 4) is 0 Å². The molecule has 0 spiro atoms. The normalized spacial score (nSPS) is 10.7. The molecule has 0 saturated heterocycles. The van der Waals surface area contributed by atoms with Crippen molar-refractivity contribution in [1.29, 1.82) is 0 Å². The molecule has 0 aliphatic carbocycles. The molecule has 1 amide bonds. The molecule has 0 aromatic rings. The zero-order chi connectivity index (χ0) is 11.3. The first kappa shape index (κ1) is 12.9. The van der Waals surface area contributed by atoms with Gasteiger partial charge in [0.25, 0.3) is 0 Å². The van der Waals surface area contributed by atoms with Gasteiger partial charge in [0.2, 0.25) is 5.91 Å². The van der Waals surface area contributed by atoms with Crippen molar-refractivity contribution < 1.29 is 14.7 Å². The van der Waals surface area contributed by atoms with Crippen LogP contribution in [0.5, 0.6) is 0 Å². The maximum absolute atomic E-state index is 11.6. The fraction of sp³-hybridized carbons (Fsp3) is 0.800. The minimum Gasteiger partial charge on any atom is -0.480 e. The molecule has 0 unspecified atom stereocenters. The summed E-state index contributed by atoms with van der Waals surface area (Å²) in [5.41, 5.74) is 0. The van der Waals surface area contributed by atoms with Gasteiger partial charge in [0.05, 0.1) is 0 Å². The van der Waals surface area contributed by atoms with Gasteiger partial charge in [-0.2, -0.15) is 0 Å². The monoisotopic (exact) mass is 201 g/mol. The van der Waals surface area contributed by atoms with Crippen molar-refractivity contribution in [2.24, 2.45) is 11.8 Å². The molecule has 0 radical (unpaired) electrons. The second-order valence-corrected chi connectivity index (χ2v) is 4.16. The minimum absolute atomic E-state index is 0.0962. The summed E-state index contributed by atoms with van der Waals surface area (Å²) in [6.45, 7) is 7.78. The first-order valence-corrected chi connectivity index (χ1v) is 4.85. The molecule has 82 valence electrons. The highest BCUT2D eigenvalue weighted by molar-refractivity contribution is 5.82. The molecular weight excluding hydrogens is 182 g/mol. The average Bonchev–Trinajstić information content (AvgIpc) is 1.99. The third-order valence-corrected chi connectivity index (χ3v) is 1.72. The van der Waals surface area contributed by atoms with E-state index in [2.05, 4.69) is 0 Å². The Morgan fingerprint density at radius 1 is 1.21 bits per heavy atom. The van der Waals surface area contributed by atoms with Crippen LogP contribution in [0.1, 0.15) is 27.7 Å². The zero-order valence-corrected chi connectivity index (χ0v) is 9.28. The Morgan fingerprint density at radius 2 is 1.71 bits per heavy atom. The van der Waals surface area contributed by atoms with Crippen LogP contribution in [0, 0.1) is 11.8 Å². The maximum Gasteiger partial charge on any atom is 0.323 e. The van der Waals surface area contributed by atoms with Crippen LogP contribution in [0.3, 0.4) is 0 Å². The fourth-order valence-electron chi connectivity index (χ4n) is 1.20. The first-order valence-electron chi connectivity index (χ1n) is 4.85. The number of hydrogen-bond donors (Lipinski definition) is 1. The third kappa shape index (κ3) is 4.84. The second-order valence-electron chi connectivity index (χ2n) is 4.16. The third-order valence-electron chi connectivity index (χ3n) is 1.72. The van der Waals surface area contributed by atoms with Crippen LogP contribution in [0.15, 0.2) is 0 Å². The largest absolute Gasteiger partial charge is 0.480 e. The molecule has 1 N–H and O–H groups in total. The molecule has 0 aromatic heterocycles. The summed E-state index contributed by atoms with van der Waals surface area (Å²) < 4.78 is 0. The summed E-state index contributed by atoms with van der Waals surface area (Å²) in [4.78, 5) is 23.5. The zero-order valence-electron chi connectivity index (χ0n) is 9.28. The van der Waals surface area contributed by atoms with Gasteiger partial charge in [0.1, 0.15) is 6.54 Å². The SMILES string of the molecule is CC(C)CN(CC(=O)O)C(=O)C(C)C. The van der Waals surface area contributed by atoms with E-state index in [9.17, 15) is 9.59 Å². The van der Waals surface area contributed by atoms with Gasteiger partial charge >= 0.3 is 5.97 Å². The molecule has 14 heavy (non-hydrogen) atoms. The number of nitrogens with zero attached hydrogens (tertiary/aromatic N) is 1. The number of amides is 1.